The van der Waals surface area contributed by atoms with E-state index in [1.54, 1.807) is 6.08 Å². The van der Waals surface area contributed by atoms with Crippen LogP contribution in [-0.4, -0.2) is 108 Å². The van der Waals surface area contributed by atoms with Gasteiger partial charge in [-0.05, 0) is 24.0 Å². The predicted molar refractivity (Wildman–Crippen MR) is 132 cm³/mol. The molecule has 3 unspecified atom stereocenters. The smallest absolute Gasteiger partial charge is 0.319 e. The monoisotopic (exact) mass is 546 g/mol. The molecule has 2 bridgehead atoms. The number of rotatable bonds is 5. The first-order chi connectivity index (χ1) is 18.8. The van der Waals surface area contributed by atoms with Gasteiger partial charge >= 0.3 is 5.97 Å². The summed E-state index contributed by atoms with van der Waals surface area (Å²) >= 11 is 0. The number of carbonyl (C=O) groups is 1. The molecule has 4 saturated heterocycles. The van der Waals surface area contributed by atoms with Crippen LogP contribution in [0.1, 0.15) is 17.9 Å². The zero-order chi connectivity index (χ0) is 27.3. The lowest BCUT2D eigenvalue weighted by atomic mass is 9.54. The van der Waals surface area contributed by atoms with Crippen LogP contribution in [0, 0.1) is 17.3 Å². The number of piperidine rings is 1. The van der Waals surface area contributed by atoms with Crippen molar-refractivity contribution in [3.63, 3.8) is 0 Å². The number of para-hydroxylation sites is 1. The number of fused-ring (bicyclic) bond motifs is 1. The Hall–Kier alpha value is -2.13. The second-order valence-corrected chi connectivity index (χ2v) is 11.4. The van der Waals surface area contributed by atoms with E-state index in [2.05, 4.69) is 23.3 Å². The molecule has 39 heavy (non-hydrogen) atoms. The summed E-state index contributed by atoms with van der Waals surface area (Å²) in [4.78, 5) is 14.0. The quantitative estimate of drug-likeness (QED) is 0.193. The number of esters is 1. The molecule has 0 radical (unpaired) electrons. The second-order valence-electron chi connectivity index (χ2n) is 11.4. The van der Waals surface area contributed by atoms with E-state index < -0.39 is 78.7 Å². The van der Waals surface area contributed by atoms with E-state index in [-0.39, 0.29) is 18.1 Å². The Morgan fingerprint density at radius 1 is 1.15 bits per heavy atom. The van der Waals surface area contributed by atoms with Gasteiger partial charge in [0, 0.05) is 30.1 Å². The minimum absolute atomic E-state index is 0.126. The van der Waals surface area contributed by atoms with Gasteiger partial charge in [0.1, 0.15) is 29.8 Å². The van der Waals surface area contributed by atoms with Crippen molar-refractivity contribution in [2.45, 2.75) is 73.3 Å². The average Bonchev–Trinajstić information content (AvgIpc) is 3.47. The van der Waals surface area contributed by atoms with E-state index in [1.165, 1.54) is 7.11 Å². The fourth-order valence-corrected chi connectivity index (χ4v) is 8.49. The molecule has 5 aliphatic heterocycles. The Morgan fingerprint density at radius 2 is 1.95 bits per heavy atom. The molecule has 0 aromatic heterocycles. The summed E-state index contributed by atoms with van der Waals surface area (Å²) < 4.78 is 30.2. The first kappa shape index (κ1) is 25.8. The fourth-order valence-electron chi connectivity index (χ4n) is 8.49. The van der Waals surface area contributed by atoms with E-state index >= 15 is 0 Å². The van der Waals surface area contributed by atoms with Crippen LogP contribution in [-0.2, 0) is 28.5 Å². The molecule has 14 atom stereocenters. The summed E-state index contributed by atoms with van der Waals surface area (Å²) in [6.45, 7) is 4.01. The van der Waals surface area contributed by atoms with Gasteiger partial charge in [0.25, 0.3) is 0 Å². The lowest BCUT2D eigenvalue weighted by Crippen LogP contribution is -2.80. The third-order valence-electron chi connectivity index (χ3n) is 9.99. The van der Waals surface area contributed by atoms with Crippen molar-refractivity contribution in [1.29, 1.82) is 0 Å². The van der Waals surface area contributed by atoms with Crippen molar-refractivity contribution < 1.29 is 48.9 Å². The molecule has 0 amide bonds. The molecule has 1 aromatic rings. The zero-order valence-electron chi connectivity index (χ0n) is 21.4. The van der Waals surface area contributed by atoms with Crippen LogP contribution >= 0.6 is 0 Å². The van der Waals surface area contributed by atoms with Crippen LogP contribution in [0.2, 0.25) is 0 Å². The van der Waals surface area contributed by atoms with Crippen molar-refractivity contribution in [2.75, 3.05) is 25.6 Å². The largest absolute Gasteiger partial charge is 0.468 e. The Morgan fingerprint density at radius 3 is 2.69 bits per heavy atom. The molecule has 212 valence electrons. The highest BCUT2D eigenvalue weighted by Gasteiger charge is 2.84. The maximum atomic E-state index is 14.0. The van der Waals surface area contributed by atoms with Crippen molar-refractivity contribution in [3.8, 4) is 0 Å². The number of carbonyl (C=O) groups excluding carboxylic acids is 1. The first-order valence-electron chi connectivity index (χ1n) is 13.4. The Balaban J connectivity index is 1.30. The average molecular weight is 547 g/mol. The van der Waals surface area contributed by atoms with Crippen LogP contribution < -0.4 is 10.6 Å². The maximum Gasteiger partial charge on any atom is 0.319 e. The van der Waals surface area contributed by atoms with E-state index in [0.717, 1.165) is 11.3 Å². The maximum absolute atomic E-state index is 14.0. The van der Waals surface area contributed by atoms with Crippen molar-refractivity contribution in [3.05, 3.63) is 42.5 Å². The number of benzene rings is 1. The van der Waals surface area contributed by atoms with Crippen LogP contribution in [0.3, 0.4) is 0 Å². The molecule has 5 fully saturated rings. The van der Waals surface area contributed by atoms with Gasteiger partial charge in [0.05, 0.1) is 25.4 Å². The minimum Gasteiger partial charge on any atom is -0.468 e. The van der Waals surface area contributed by atoms with Crippen molar-refractivity contribution in [1.82, 2.24) is 5.32 Å². The van der Waals surface area contributed by atoms with Crippen molar-refractivity contribution >= 4 is 11.7 Å². The van der Waals surface area contributed by atoms with Crippen LogP contribution in [0.25, 0.3) is 0 Å². The number of anilines is 1. The highest BCUT2D eigenvalue weighted by molar-refractivity contribution is 5.85. The van der Waals surface area contributed by atoms with Gasteiger partial charge in [-0.25, -0.2) is 0 Å². The Labute approximate surface area is 224 Å². The topological polar surface area (TPSA) is 168 Å². The third kappa shape index (κ3) is 3.06. The molecular formula is C27H34N2O10. The third-order valence-corrected chi connectivity index (χ3v) is 9.99. The Kier molecular flexibility index (Phi) is 5.91. The predicted octanol–water partition coefficient (Wildman–Crippen LogP) is -1.21. The molecule has 7 rings (SSSR count). The second kappa shape index (κ2) is 8.93. The summed E-state index contributed by atoms with van der Waals surface area (Å²) in [6.07, 6.45) is -7.53. The molecule has 12 heteroatoms. The number of aliphatic hydroxyl groups is 4. The van der Waals surface area contributed by atoms with Gasteiger partial charge in [-0.3, -0.25) is 4.79 Å². The van der Waals surface area contributed by atoms with E-state index in [1.807, 2.05) is 18.2 Å². The van der Waals surface area contributed by atoms with Gasteiger partial charge in [-0.2, -0.15) is 0 Å². The standard InChI is InChI=1S/C27H34N2O10/c1-3-11-13-8-17-27-18(12-6-4-5-7-14(12)29-27)15(9-28-17)37-25(26(13,27)24(34)35-2)39-22(11)38-23-21(33)20(32)19(31)16(10-30)36-23/h3-7,11,13,15-23,25,28-33H,1,8-10H2,2H3/t11-,13?,15+,16-,17-,18?,19-,20+,21-,22+,23+,25+,26?,27-/m0/s1. The molecular weight excluding hydrogens is 512 g/mol. The lowest BCUT2D eigenvalue weighted by Gasteiger charge is -2.63. The minimum atomic E-state index is -1.61. The van der Waals surface area contributed by atoms with Crippen LogP contribution in [0.5, 0.6) is 0 Å². The molecule has 1 aromatic carbocycles. The van der Waals surface area contributed by atoms with Gasteiger partial charge in [-0.15, -0.1) is 6.58 Å². The molecule has 5 heterocycles. The summed E-state index contributed by atoms with van der Waals surface area (Å²) in [7, 11) is 1.36. The summed E-state index contributed by atoms with van der Waals surface area (Å²) in [5, 5.41) is 48.1. The van der Waals surface area contributed by atoms with Gasteiger partial charge in [0.2, 0.25) is 0 Å². The number of aliphatic hydroxyl groups excluding tert-OH is 4. The van der Waals surface area contributed by atoms with Crippen LogP contribution in [0.4, 0.5) is 5.69 Å². The number of nitrogens with one attached hydrogen (secondary N) is 2. The molecule has 6 aliphatic rings. The zero-order valence-corrected chi connectivity index (χ0v) is 21.4. The fraction of sp³-hybridized carbons (Fsp3) is 0.667. The molecule has 1 aliphatic carbocycles. The van der Waals surface area contributed by atoms with Gasteiger partial charge < -0.3 is 54.7 Å². The summed E-state index contributed by atoms with van der Waals surface area (Å²) in [5.41, 5.74) is -0.0283. The summed E-state index contributed by atoms with van der Waals surface area (Å²) in [5.74, 6) is -1.55. The van der Waals surface area contributed by atoms with Crippen molar-refractivity contribution in [2.24, 2.45) is 17.3 Å². The van der Waals surface area contributed by atoms with E-state index in [4.69, 9.17) is 23.7 Å². The summed E-state index contributed by atoms with van der Waals surface area (Å²) in [6, 6.07) is 7.89. The lowest BCUT2D eigenvalue weighted by molar-refractivity contribution is -0.405. The normalized spacial score (nSPS) is 50.9. The van der Waals surface area contributed by atoms with Gasteiger partial charge in [0.15, 0.2) is 18.9 Å². The molecule has 1 spiro atoms. The highest BCUT2D eigenvalue weighted by atomic mass is 16.8. The number of hydrogen-bond donors (Lipinski definition) is 6. The first-order valence-corrected chi connectivity index (χ1v) is 13.4. The SMILES string of the molecule is C=C[C@H]1C2C[C@@H]3NC[C@H]4O[C@H](O[C@H]1O[C@H]1O[C@@H](CO)[C@H](O)[C@@H](O)[C@@H]1O)C2(C(=O)OC)[C@]31Nc2ccccc2C41. The number of hydrogen-bond acceptors (Lipinski definition) is 12. The van der Waals surface area contributed by atoms with Crippen LogP contribution in [0.15, 0.2) is 36.9 Å². The number of ether oxygens (including phenoxy) is 5. The van der Waals surface area contributed by atoms with E-state index in [0.29, 0.717) is 13.0 Å². The Bertz CT molecular complexity index is 1170. The molecule has 1 saturated carbocycles. The molecule has 6 N–H and O–H groups in total. The highest BCUT2D eigenvalue weighted by Crippen LogP contribution is 2.71. The number of methoxy groups -OCH3 is 1. The van der Waals surface area contributed by atoms with Gasteiger partial charge in [-0.1, -0.05) is 24.3 Å². The van der Waals surface area contributed by atoms with E-state index in [9.17, 15) is 25.2 Å². The molecule has 12 nitrogen and oxygen atoms in total.